The van der Waals surface area contributed by atoms with Gasteiger partial charge in [-0.3, -0.25) is 4.72 Å². The van der Waals surface area contributed by atoms with Crippen LogP contribution in [0.1, 0.15) is 38.5 Å². The van der Waals surface area contributed by atoms with E-state index in [-0.39, 0.29) is 23.5 Å². The molecule has 2 fully saturated rings. The Morgan fingerprint density at radius 3 is 2.34 bits per heavy atom. The molecule has 0 saturated heterocycles. The fourth-order valence-electron chi connectivity index (χ4n) is 3.85. The molecule has 5 rings (SSSR count). The molecule has 2 aliphatic rings. The molecule has 0 spiro atoms. The first-order chi connectivity index (χ1) is 15.5. The van der Waals surface area contributed by atoms with Gasteiger partial charge in [-0.2, -0.15) is 0 Å². The number of fused-ring (bicyclic) bond motifs is 1. The van der Waals surface area contributed by atoms with Gasteiger partial charge in [0.25, 0.3) is 0 Å². The van der Waals surface area contributed by atoms with E-state index in [9.17, 15) is 18.3 Å². The quantitative estimate of drug-likeness (QED) is 0.268. The van der Waals surface area contributed by atoms with Crippen LogP contribution in [-0.2, 0) is 0 Å². The monoisotopic (exact) mass is 463 g/mol. The highest BCUT2D eigenvalue weighted by molar-refractivity contribution is 7.95. The molecule has 2 aliphatic carbocycles. The molecule has 172 valence electrons. The Balaban J connectivity index is 0.000000158. The van der Waals surface area contributed by atoms with Gasteiger partial charge in [0, 0.05) is 35.8 Å². The van der Waals surface area contributed by atoms with Crippen molar-refractivity contribution in [2.75, 3.05) is 13.2 Å². The minimum Gasteiger partial charge on any atom is -0.394 e. The molecule has 2 aromatic carbocycles. The first-order valence-electron chi connectivity index (χ1n) is 11.0. The molecular weight excluding hydrogens is 435 g/mol. The van der Waals surface area contributed by atoms with E-state index in [4.69, 9.17) is 0 Å². The Morgan fingerprint density at radius 2 is 1.75 bits per heavy atom. The van der Waals surface area contributed by atoms with E-state index in [1.807, 2.05) is 0 Å². The van der Waals surface area contributed by atoms with Gasteiger partial charge < -0.3 is 10.1 Å². The third-order valence-electron chi connectivity index (χ3n) is 6.35. The second-order valence-corrected chi connectivity index (χ2v) is 9.38. The molecule has 32 heavy (non-hydrogen) atoms. The summed E-state index contributed by atoms with van der Waals surface area (Å²) < 4.78 is 46.1. The predicted molar refractivity (Wildman–Crippen MR) is 123 cm³/mol. The maximum absolute atomic E-state index is 13.5. The molecule has 4 nitrogen and oxygen atoms in total. The van der Waals surface area contributed by atoms with Gasteiger partial charge >= 0.3 is 0 Å². The molecule has 0 radical (unpaired) electrons. The van der Waals surface area contributed by atoms with Crippen LogP contribution in [0.5, 0.6) is 0 Å². The van der Waals surface area contributed by atoms with Gasteiger partial charge in [0.05, 0.1) is 17.7 Å². The Hall–Kier alpha value is -2.00. The molecule has 0 bridgehead atoms. The highest BCUT2D eigenvalue weighted by Crippen LogP contribution is 2.33. The van der Waals surface area contributed by atoms with Crippen LogP contribution < -0.4 is 9.44 Å². The third-order valence-corrected chi connectivity index (χ3v) is 7.20. The Kier molecular flexibility index (Phi) is 7.45. The van der Waals surface area contributed by atoms with Crippen LogP contribution in [0.15, 0.2) is 42.5 Å². The Bertz CT molecular complexity index is 1030. The molecule has 4 N–H and O–H groups in total. The number of benzene rings is 2. The number of nitrogens with one attached hydrogen (secondary N) is 3. The summed E-state index contributed by atoms with van der Waals surface area (Å²) in [5.74, 6) is -0.703. The average Bonchev–Trinajstić information content (AvgIpc) is 3.13. The molecule has 2 saturated carbocycles. The van der Waals surface area contributed by atoms with Crippen molar-refractivity contribution >= 4 is 23.0 Å². The zero-order valence-electron chi connectivity index (χ0n) is 17.8. The fourth-order valence-corrected chi connectivity index (χ4v) is 4.72. The summed E-state index contributed by atoms with van der Waals surface area (Å²) in [6, 6.07) is 9.50. The van der Waals surface area contributed by atoms with Crippen molar-refractivity contribution < 1.29 is 18.3 Å². The summed E-state index contributed by atoms with van der Waals surface area (Å²) in [7, 11) is 0. The maximum Gasteiger partial charge on any atom is 0.150 e. The minimum atomic E-state index is -0.640. The van der Waals surface area contributed by atoms with E-state index >= 15 is 0 Å². The number of halogens is 3. The second kappa shape index (κ2) is 10.3. The second-order valence-electron chi connectivity index (χ2n) is 8.68. The minimum absolute atomic E-state index is 0.0251. The van der Waals surface area contributed by atoms with Gasteiger partial charge in [0.15, 0.2) is 0 Å². The number of hydrogen-bond acceptors (Lipinski definition) is 4. The van der Waals surface area contributed by atoms with Gasteiger partial charge in [-0.05, 0) is 80.0 Å². The van der Waals surface area contributed by atoms with Crippen molar-refractivity contribution in [1.82, 2.24) is 14.4 Å². The Labute approximate surface area is 190 Å². The van der Waals surface area contributed by atoms with Gasteiger partial charge in [0.1, 0.15) is 17.5 Å². The standard InChI is InChI=1S/C14H8F3N.C10H20N2OS/c15-10-3-1-8(2-4-10)13-6-9-5-11(16)7-12(17)14(9)18-13;13-8-10(5-2-6-10)12-14-11-7-9-3-1-4-9/h1-7,18H;9,11-13H,1-8H2. The predicted octanol–water partition coefficient (Wildman–Crippen LogP) is 5.70. The van der Waals surface area contributed by atoms with Gasteiger partial charge in [0.2, 0.25) is 0 Å². The first-order valence-corrected chi connectivity index (χ1v) is 11.8. The van der Waals surface area contributed by atoms with E-state index in [1.165, 1.54) is 43.9 Å². The molecule has 1 heterocycles. The SMILES string of the molecule is Fc1ccc(-c2cc3cc(F)cc(F)c3[nH]2)cc1.OCC1(NSNCC2CCC2)CCC1. The van der Waals surface area contributed by atoms with Crippen LogP contribution in [0.3, 0.4) is 0 Å². The summed E-state index contributed by atoms with van der Waals surface area (Å²) >= 11 is 1.58. The van der Waals surface area contributed by atoms with E-state index in [0.717, 1.165) is 31.4 Å². The summed E-state index contributed by atoms with van der Waals surface area (Å²) in [4.78, 5) is 2.86. The van der Waals surface area contributed by atoms with Crippen molar-refractivity contribution in [2.45, 2.75) is 44.1 Å². The van der Waals surface area contributed by atoms with Crippen LogP contribution in [0.2, 0.25) is 0 Å². The van der Waals surface area contributed by atoms with Crippen molar-refractivity contribution in [1.29, 1.82) is 0 Å². The number of H-pyrrole nitrogens is 1. The molecule has 0 unspecified atom stereocenters. The lowest BCUT2D eigenvalue weighted by Gasteiger charge is -2.40. The van der Waals surface area contributed by atoms with Crippen LogP contribution in [-0.4, -0.2) is 28.8 Å². The van der Waals surface area contributed by atoms with Crippen LogP contribution in [0.4, 0.5) is 13.2 Å². The zero-order valence-corrected chi connectivity index (χ0v) is 18.6. The van der Waals surface area contributed by atoms with E-state index < -0.39 is 11.6 Å². The summed E-state index contributed by atoms with van der Waals surface area (Å²) in [5.41, 5.74) is 1.61. The highest BCUT2D eigenvalue weighted by Gasteiger charge is 2.36. The molecule has 0 atom stereocenters. The van der Waals surface area contributed by atoms with Crippen LogP contribution in [0, 0.1) is 23.4 Å². The first kappa shape index (κ1) is 23.2. The molecular formula is C24H28F3N3OS. The lowest BCUT2D eigenvalue weighted by atomic mass is 9.78. The van der Waals surface area contributed by atoms with Crippen molar-refractivity contribution in [3.63, 3.8) is 0 Å². The van der Waals surface area contributed by atoms with Gasteiger partial charge in [-0.15, -0.1) is 0 Å². The summed E-state index contributed by atoms with van der Waals surface area (Å²) in [6.07, 6.45) is 7.66. The lowest BCUT2D eigenvalue weighted by molar-refractivity contribution is 0.113. The molecule has 0 aliphatic heterocycles. The van der Waals surface area contributed by atoms with E-state index in [0.29, 0.717) is 16.6 Å². The number of aromatic nitrogens is 1. The molecule has 0 amide bonds. The number of aliphatic hydroxyl groups excluding tert-OH is 1. The lowest BCUT2D eigenvalue weighted by Crippen LogP contribution is -2.51. The highest BCUT2D eigenvalue weighted by atomic mass is 32.2. The van der Waals surface area contributed by atoms with Crippen LogP contribution >= 0.6 is 12.1 Å². The average molecular weight is 464 g/mol. The Morgan fingerprint density at radius 1 is 1.00 bits per heavy atom. The normalized spacial score (nSPS) is 17.4. The fraction of sp³-hybridized carbons (Fsp3) is 0.417. The summed E-state index contributed by atoms with van der Waals surface area (Å²) in [6.45, 7) is 1.38. The number of rotatable bonds is 7. The number of aliphatic hydroxyl groups is 1. The van der Waals surface area contributed by atoms with Crippen molar-refractivity contribution in [2.24, 2.45) is 5.92 Å². The van der Waals surface area contributed by atoms with E-state index in [1.54, 1.807) is 30.3 Å². The number of hydrogen-bond donors (Lipinski definition) is 4. The largest absolute Gasteiger partial charge is 0.394 e. The van der Waals surface area contributed by atoms with Crippen molar-refractivity contribution in [3.05, 3.63) is 59.9 Å². The van der Waals surface area contributed by atoms with Gasteiger partial charge in [-0.25, -0.2) is 17.9 Å². The molecule has 8 heteroatoms. The topological polar surface area (TPSA) is 60.1 Å². The molecule has 1 aromatic heterocycles. The molecule has 3 aromatic rings. The van der Waals surface area contributed by atoms with Crippen LogP contribution in [0.25, 0.3) is 22.2 Å². The zero-order chi connectivity index (χ0) is 22.6. The van der Waals surface area contributed by atoms with E-state index in [2.05, 4.69) is 14.4 Å². The third kappa shape index (κ3) is 5.49. The van der Waals surface area contributed by atoms with Crippen molar-refractivity contribution in [3.8, 4) is 11.3 Å². The maximum atomic E-state index is 13.5. The smallest absolute Gasteiger partial charge is 0.150 e. The number of aromatic amines is 1. The van der Waals surface area contributed by atoms with Gasteiger partial charge in [-0.1, -0.05) is 6.42 Å². The summed E-state index contributed by atoms with van der Waals surface area (Å²) in [5, 5.41) is 9.65.